The summed E-state index contributed by atoms with van der Waals surface area (Å²) in [4.78, 5) is 21.1. The Labute approximate surface area is 115 Å². The van der Waals surface area contributed by atoms with E-state index in [1.807, 2.05) is 25.1 Å². The van der Waals surface area contributed by atoms with Gasteiger partial charge in [0.05, 0.1) is 0 Å². The Bertz CT molecular complexity index is 434. The van der Waals surface area contributed by atoms with Crippen molar-refractivity contribution in [1.82, 2.24) is 5.32 Å². The second-order valence-corrected chi connectivity index (χ2v) is 5.07. The number of carbonyl (C=O) groups excluding carboxylic acids is 1. The first-order valence-electron chi connectivity index (χ1n) is 5.69. The van der Waals surface area contributed by atoms with Crippen LogP contribution in [0.1, 0.15) is 24.0 Å². The van der Waals surface area contributed by atoms with Crippen molar-refractivity contribution in [1.29, 1.82) is 0 Å². The molecule has 1 aromatic rings. The van der Waals surface area contributed by atoms with Gasteiger partial charge >= 0.3 is 5.97 Å². The molecule has 0 spiro atoms. The highest BCUT2D eigenvalue weighted by atomic mass is 79.9. The Morgan fingerprint density at radius 3 is 2.83 bits per heavy atom. The lowest BCUT2D eigenvalue weighted by Crippen LogP contribution is -2.30. The van der Waals surface area contributed by atoms with Crippen LogP contribution in [-0.4, -0.2) is 23.5 Å². The quantitative estimate of drug-likeness (QED) is 0.759. The van der Waals surface area contributed by atoms with E-state index in [-0.39, 0.29) is 12.5 Å². The summed E-state index contributed by atoms with van der Waals surface area (Å²) in [5, 5.41) is 11.3. The van der Waals surface area contributed by atoms with E-state index in [0.29, 0.717) is 19.3 Å². The molecule has 1 aromatic carbocycles. The largest absolute Gasteiger partial charge is 0.481 e. The molecule has 0 aliphatic carbocycles. The van der Waals surface area contributed by atoms with Crippen molar-refractivity contribution in [3.8, 4) is 0 Å². The normalized spacial score (nSPS) is 11.9. The number of carboxylic acid groups (broad SMARTS) is 1. The molecule has 18 heavy (non-hydrogen) atoms. The standard InChI is InChI=1S/C13H16BrNO3/c1-9-2-3-10(12(14)6-9)7-11(15-8-16)4-5-13(17)18/h2-3,6,8,11H,4-5,7H2,1H3,(H,15,16)(H,17,18). The summed E-state index contributed by atoms with van der Waals surface area (Å²) in [6.45, 7) is 2.00. The molecular formula is C13H16BrNO3. The minimum absolute atomic E-state index is 0.0506. The van der Waals surface area contributed by atoms with Crippen LogP contribution in [0.4, 0.5) is 0 Å². The topological polar surface area (TPSA) is 66.4 Å². The van der Waals surface area contributed by atoms with Crippen molar-refractivity contribution in [2.75, 3.05) is 0 Å². The molecule has 1 unspecified atom stereocenters. The van der Waals surface area contributed by atoms with Gasteiger partial charge in [-0.05, 0) is 37.0 Å². The SMILES string of the molecule is Cc1ccc(CC(CCC(=O)O)NC=O)c(Br)c1. The molecule has 98 valence electrons. The summed E-state index contributed by atoms with van der Waals surface area (Å²) in [5.41, 5.74) is 2.21. The second kappa shape index (κ2) is 7.16. The molecule has 0 fully saturated rings. The summed E-state index contributed by atoms with van der Waals surface area (Å²) in [6, 6.07) is 5.83. The smallest absolute Gasteiger partial charge is 0.303 e. The Balaban J connectivity index is 2.69. The molecule has 1 atom stereocenters. The summed E-state index contributed by atoms with van der Waals surface area (Å²) in [6.07, 6.45) is 1.71. The van der Waals surface area contributed by atoms with Gasteiger partial charge in [-0.1, -0.05) is 28.1 Å². The molecule has 0 aliphatic heterocycles. The van der Waals surface area contributed by atoms with E-state index in [1.165, 1.54) is 0 Å². The molecule has 0 bridgehead atoms. The van der Waals surface area contributed by atoms with Crippen LogP contribution in [0.25, 0.3) is 0 Å². The van der Waals surface area contributed by atoms with Gasteiger partial charge in [0.1, 0.15) is 0 Å². The van der Waals surface area contributed by atoms with E-state index < -0.39 is 5.97 Å². The number of halogens is 1. The minimum atomic E-state index is -0.851. The molecule has 0 saturated carbocycles. The van der Waals surface area contributed by atoms with Gasteiger partial charge < -0.3 is 10.4 Å². The summed E-state index contributed by atoms with van der Waals surface area (Å²) < 4.78 is 0.982. The Morgan fingerprint density at radius 1 is 1.56 bits per heavy atom. The van der Waals surface area contributed by atoms with Crippen LogP contribution in [-0.2, 0) is 16.0 Å². The number of hydrogen-bond acceptors (Lipinski definition) is 2. The van der Waals surface area contributed by atoms with E-state index >= 15 is 0 Å². The number of aliphatic carboxylic acids is 1. The maximum Gasteiger partial charge on any atom is 0.303 e. The van der Waals surface area contributed by atoms with Gasteiger partial charge in [-0.15, -0.1) is 0 Å². The van der Waals surface area contributed by atoms with Gasteiger partial charge in [-0.2, -0.15) is 0 Å². The molecular weight excluding hydrogens is 298 g/mol. The number of amides is 1. The van der Waals surface area contributed by atoms with Crippen molar-refractivity contribution in [2.24, 2.45) is 0 Å². The van der Waals surface area contributed by atoms with Crippen molar-refractivity contribution >= 4 is 28.3 Å². The number of aryl methyl sites for hydroxylation is 1. The summed E-state index contributed by atoms with van der Waals surface area (Å²) in [5.74, 6) is -0.851. The van der Waals surface area contributed by atoms with Crippen molar-refractivity contribution in [3.05, 3.63) is 33.8 Å². The predicted octanol–water partition coefficient (Wildman–Crippen LogP) is 2.28. The lowest BCUT2D eigenvalue weighted by molar-refractivity contribution is -0.137. The van der Waals surface area contributed by atoms with E-state index in [1.54, 1.807) is 0 Å². The fraction of sp³-hybridized carbons (Fsp3) is 0.385. The zero-order valence-electron chi connectivity index (χ0n) is 10.1. The maximum absolute atomic E-state index is 10.5. The van der Waals surface area contributed by atoms with Crippen LogP contribution >= 0.6 is 15.9 Å². The highest BCUT2D eigenvalue weighted by Gasteiger charge is 2.12. The number of carboxylic acids is 1. The molecule has 1 rings (SSSR count). The zero-order valence-corrected chi connectivity index (χ0v) is 11.7. The van der Waals surface area contributed by atoms with Gasteiger partial charge in [0.2, 0.25) is 6.41 Å². The third-order valence-corrected chi connectivity index (χ3v) is 3.42. The van der Waals surface area contributed by atoms with Crippen LogP contribution in [0.15, 0.2) is 22.7 Å². The molecule has 2 N–H and O–H groups in total. The monoisotopic (exact) mass is 313 g/mol. The molecule has 0 aliphatic rings. The van der Waals surface area contributed by atoms with E-state index in [4.69, 9.17) is 5.11 Å². The molecule has 4 nitrogen and oxygen atoms in total. The number of rotatable bonds is 7. The third-order valence-electron chi connectivity index (χ3n) is 2.69. The minimum Gasteiger partial charge on any atom is -0.481 e. The van der Waals surface area contributed by atoms with Gasteiger partial charge in [0, 0.05) is 16.9 Å². The second-order valence-electron chi connectivity index (χ2n) is 4.21. The van der Waals surface area contributed by atoms with Gasteiger partial charge in [0.15, 0.2) is 0 Å². The Kier molecular flexibility index (Phi) is 5.85. The first-order valence-corrected chi connectivity index (χ1v) is 6.48. The van der Waals surface area contributed by atoms with Crippen LogP contribution in [0.5, 0.6) is 0 Å². The highest BCUT2D eigenvalue weighted by Crippen LogP contribution is 2.20. The van der Waals surface area contributed by atoms with Crippen LogP contribution < -0.4 is 5.32 Å². The summed E-state index contributed by atoms with van der Waals surface area (Å²) >= 11 is 3.47. The van der Waals surface area contributed by atoms with E-state index in [2.05, 4.69) is 21.2 Å². The average molecular weight is 314 g/mol. The first kappa shape index (κ1) is 14.7. The van der Waals surface area contributed by atoms with Gasteiger partial charge in [-0.3, -0.25) is 9.59 Å². The molecule has 0 radical (unpaired) electrons. The molecule has 0 heterocycles. The third kappa shape index (κ3) is 4.87. The number of nitrogens with one attached hydrogen (secondary N) is 1. The lowest BCUT2D eigenvalue weighted by Gasteiger charge is -2.16. The van der Waals surface area contributed by atoms with E-state index in [0.717, 1.165) is 15.6 Å². The fourth-order valence-corrected chi connectivity index (χ4v) is 2.38. The van der Waals surface area contributed by atoms with Crippen molar-refractivity contribution in [2.45, 2.75) is 32.2 Å². The van der Waals surface area contributed by atoms with Crippen molar-refractivity contribution < 1.29 is 14.7 Å². The Morgan fingerprint density at radius 2 is 2.28 bits per heavy atom. The lowest BCUT2D eigenvalue weighted by atomic mass is 10.0. The van der Waals surface area contributed by atoms with Gasteiger partial charge in [0.25, 0.3) is 0 Å². The van der Waals surface area contributed by atoms with Gasteiger partial charge in [-0.25, -0.2) is 0 Å². The van der Waals surface area contributed by atoms with Crippen molar-refractivity contribution in [3.63, 3.8) is 0 Å². The Hall–Kier alpha value is -1.36. The predicted molar refractivity (Wildman–Crippen MR) is 72.4 cm³/mol. The zero-order chi connectivity index (χ0) is 13.5. The van der Waals surface area contributed by atoms with E-state index in [9.17, 15) is 9.59 Å². The fourth-order valence-electron chi connectivity index (χ4n) is 1.72. The highest BCUT2D eigenvalue weighted by molar-refractivity contribution is 9.10. The number of carbonyl (C=O) groups is 2. The molecule has 1 amide bonds. The molecule has 5 heteroatoms. The van der Waals surface area contributed by atoms with Crippen LogP contribution in [0, 0.1) is 6.92 Å². The first-order chi connectivity index (χ1) is 8.52. The molecule has 0 aromatic heterocycles. The van der Waals surface area contributed by atoms with Crippen LogP contribution in [0.2, 0.25) is 0 Å². The maximum atomic E-state index is 10.5. The number of hydrogen-bond donors (Lipinski definition) is 2. The molecule has 0 saturated heterocycles. The van der Waals surface area contributed by atoms with Crippen LogP contribution in [0.3, 0.4) is 0 Å². The number of benzene rings is 1. The average Bonchev–Trinajstić information content (AvgIpc) is 2.29. The summed E-state index contributed by atoms with van der Waals surface area (Å²) in [7, 11) is 0.